The van der Waals surface area contributed by atoms with Crippen LogP contribution in [0, 0.1) is 28.8 Å². The Morgan fingerprint density at radius 1 is 0.933 bits per heavy atom. The second kappa shape index (κ2) is 6.91. The molecule has 0 saturated carbocycles. The molecule has 0 radical (unpaired) electrons. The van der Waals surface area contributed by atoms with E-state index in [0.717, 1.165) is 35.0 Å². The average molecular weight is 417 g/mol. The summed E-state index contributed by atoms with van der Waals surface area (Å²) in [5.41, 5.74) is -1.44. The van der Waals surface area contributed by atoms with Gasteiger partial charge in [0.25, 0.3) is 0 Å². The third kappa shape index (κ3) is 3.16. The van der Waals surface area contributed by atoms with E-state index in [1.165, 1.54) is 18.2 Å². The van der Waals surface area contributed by atoms with E-state index in [-0.39, 0.29) is 22.4 Å². The maximum Gasteiger partial charge on any atom is 0.419 e. The lowest BCUT2D eigenvalue weighted by molar-refractivity contribution is -0.139. The lowest BCUT2D eigenvalue weighted by Gasteiger charge is -2.11. The normalized spacial score (nSPS) is 11.6. The van der Waals surface area contributed by atoms with E-state index in [2.05, 4.69) is 4.98 Å². The fourth-order valence-corrected chi connectivity index (χ4v) is 3.18. The number of hydrogen-bond donors (Lipinski definition) is 0. The Kier molecular flexibility index (Phi) is 4.50. The number of halogens is 6. The largest absolute Gasteiger partial charge is 0.419 e. The molecule has 0 amide bonds. The van der Waals surface area contributed by atoms with Crippen molar-refractivity contribution in [2.45, 2.75) is 6.18 Å². The number of rotatable bonds is 2. The minimum absolute atomic E-state index is 0.0219. The first kappa shape index (κ1) is 19.5. The molecule has 0 saturated heterocycles. The molecule has 4 rings (SSSR count). The molecule has 0 aliphatic rings. The van der Waals surface area contributed by atoms with E-state index in [1.807, 2.05) is 0 Å². The molecule has 0 aliphatic carbocycles. The highest BCUT2D eigenvalue weighted by Gasteiger charge is 2.35. The number of fused-ring (bicyclic) bond motifs is 1. The molecule has 0 atom stereocenters. The van der Waals surface area contributed by atoms with Gasteiger partial charge in [0.15, 0.2) is 11.5 Å². The van der Waals surface area contributed by atoms with Crippen LogP contribution in [0.5, 0.6) is 0 Å². The van der Waals surface area contributed by atoms with Crippen molar-refractivity contribution in [1.29, 1.82) is 5.26 Å². The van der Waals surface area contributed by atoms with Gasteiger partial charge in [0.2, 0.25) is 0 Å². The number of pyridine rings is 1. The van der Waals surface area contributed by atoms with Crippen LogP contribution in [0.1, 0.15) is 11.1 Å². The molecule has 0 aliphatic heterocycles. The Bertz CT molecular complexity index is 1330. The van der Waals surface area contributed by atoms with Gasteiger partial charge in [0.1, 0.15) is 11.6 Å². The van der Waals surface area contributed by atoms with Gasteiger partial charge >= 0.3 is 6.18 Å². The summed E-state index contributed by atoms with van der Waals surface area (Å²) in [4.78, 5) is 3.73. The number of aromatic nitrogens is 2. The number of benzene rings is 2. The van der Waals surface area contributed by atoms with Crippen molar-refractivity contribution < 1.29 is 26.3 Å². The fourth-order valence-electron chi connectivity index (χ4n) is 3.18. The van der Waals surface area contributed by atoms with Gasteiger partial charge in [-0.05, 0) is 36.4 Å². The zero-order valence-corrected chi connectivity index (χ0v) is 14.8. The standard InChI is InChI=1S/C21H9F6N3/c22-13-2-3-14(12(7-13)9-28)15-8-11(1-4-17(15)23)18-10-29-20-19(24)16(21(25,26)27)5-6-30(18)20/h1-8,10H. The molecule has 9 heteroatoms. The molecule has 0 bridgehead atoms. The summed E-state index contributed by atoms with van der Waals surface area (Å²) in [5, 5.41) is 9.23. The van der Waals surface area contributed by atoms with Crippen LogP contribution in [0.15, 0.2) is 54.9 Å². The molecule has 30 heavy (non-hydrogen) atoms. The monoisotopic (exact) mass is 417 g/mol. The van der Waals surface area contributed by atoms with Crippen LogP contribution in [-0.4, -0.2) is 9.38 Å². The molecule has 3 nitrogen and oxygen atoms in total. The van der Waals surface area contributed by atoms with Gasteiger partial charge in [-0.25, -0.2) is 18.2 Å². The Hall–Kier alpha value is -3.80. The Morgan fingerprint density at radius 2 is 1.70 bits per heavy atom. The van der Waals surface area contributed by atoms with Crippen LogP contribution >= 0.6 is 0 Å². The topological polar surface area (TPSA) is 41.1 Å². The summed E-state index contributed by atoms with van der Waals surface area (Å²) in [6.45, 7) is 0. The summed E-state index contributed by atoms with van der Waals surface area (Å²) in [6.07, 6.45) is -2.70. The third-order valence-corrected chi connectivity index (χ3v) is 4.58. The summed E-state index contributed by atoms with van der Waals surface area (Å²) in [5.74, 6) is -2.88. The fraction of sp³-hybridized carbons (Fsp3) is 0.0476. The van der Waals surface area contributed by atoms with Crippen LogP contribution in [0.3, 0.4) is 0 Å². The molecule has 0 fully saturated rings. The molecule has 0 unspecified atom stereocenters. The summed E-state index contributed by atoms with van der Waals surface area (Å²) in [7, 11) is 0. The van der Waals surface area contributed by atoms with Crippen LogP contribution in [0.25, 0.3) is 28.0 Å². The van der Waals surface area contributed by atoms with Crippen molar-refractivity contribution in [1.82, 2.24) is 9.38 Å². The highest BCUT2D eigenvalue weighted by Crippen LogP contribution is 2.35. The Morgan fingerprint density at radius 3 is 2.40 bits per heavy atom. The zero-order chi connectivity index (χ0) is 21.6. The van der Waals surface area contributed by atoms with E-state index < -0.39 is 34.8 Å². The zero-order valence-electron chi connectivity index (χ0n) is 14.8. The average Bonchev–Trinajstić information content (AvgIpc) is 3.13. The van der Waals surface area contributed by atoms with Crippen molar-refractivity contribution in [2.75, 3.05) is 0 Å². The van der Waals surface area contributed by atoms with E-state index in [0.29, 0.717) is 11.6 Å². The van der Waals surface area contributed by atoms with Gasteiger partial charge < -0.3 is 0 Å². The number of imidazole rings is 1. The van der Waals surface area contributed by atoms with Crippen molar-refractivity contribution in [3.05, 3.63) is 83.4 Å². The lowest BCUT2D eigenvalue weighted by Crippen LogP contribution is -2.09. The molecule has 2 aromatic heterocycles. The van der Waals surface area contributed by atoms with Crippen LogP contribution in [-0.2, 0) is 6.18 Å². The minimum atomic E-state index is -4.88. The second-order valence-corrected chi connectivity index (χ2v) is 6.37. The first-order valence-electron chi connectivity index (χ1n) is 8.43. The summed E-state index contributed by atoms with van der Waals surface area (Å²) in [6, 6.07) is 9.44. The van der Waals surface area contributed by atoms with E-state index >= 15 is 0 Å². The van der Waals surface area contributed by atoms with E-state index in [9.17, 15) is 31.6 Å². The lowest BCUT2D eigenvalue weighted by atomic mass is 9.97. The number of alkyl halides is 3. The quantitative estimate of drug-likeness (QED) is 0.377. The van der Waals surface area contributed by atoms with E-state index in [1.54, 1.807) is 6.07 Å². The molecular weight excluding hydrogens is 408 g/mol. The van der Waals surface area contributed by atoms with Gasteiger partial charge in [-0.2, -0.15) is 18.4 Å². The van der Waals surface area contributed by atoms with Gasteiger partial charge in [0, 0.05) is 22.9 Å². The molecule has 2 aromatic carbocycles. The molecule has 2 heterocycles. The highest BCUT2D eigenvalue weighted by molar-refractivity contribution is 5.76. The molecule has 0 N–H and O–H groups in total. The third-order valence-electron chi connectivity index (χ3n) is 4.58. The van der Waals surface area contributed by atoms with Gasteiger partial charge in [0.05, 0.1) is 29.1 Å². The maximum absolute atomic E-state index is 14.5. The van der Waals surface area contributed by atoms with Gasteiger partial charge in [-0.15, -0.1) is 0 Å². The number of hydrogen-bond acceptors (Lipinski definition) is 2. The van der Waals surface area contributed by atoms with E-state index in [4.69, 9.17) is 0 Å². The van der Waals surface area contributed by atoms with Crippen molar-refractivity contribution in [3.63, 3.8) is 0 Å². The molecule has 0 spiro atoms. The van der Waals surface area contributed by atoms with Gasteiger partial charge in [-0.3, -0.25) is 4.40 Å². The summed E-state index contributed by atoms with van der Waals surface area (Å²) >= 11 is 0. The van der Waals surface area contributed by atoms with Crippen molar-refractivity contribution in [3.8, 4) is 28.5 Å². The molecular formula is C21H9F6N3. The summed E-state index contributed by atoms with van der Waals surface area (Å²) < 4.78 is 82.0. The van der Waals surface area contributed by atoms with Crippen molar-refractivity contribution >= 4 is 5.65 Å². The van der Waals surface area contributed by atoms with Crippen LogP contribution in [0.2, 0.25) is 0 Å². The van der Waals surface area contributed by atoms with Gasteiger partial charge in [-0.1, -0.05) is 6.07 Å². The predicted molar refractivity (Wildman–Crippen MR) is 95.7 cm³/mol. The Balaban J connectivity index is 1.90. The smallest absolute Gasteiger partial charge is 0.297 e. The SMILES string of the molecule is N#Cc1cc(F)ccc1-c1cc(-c2cnc3c(F)c(C(F)(F)F)ccn23)ccc1F. The predicted octanol–water partition coefficient (Wildman–Crippen LogP) is 5.98. The first-order chi connectivity index (χ1) is 14.2. The first-order valence-corrected chi connectivity index (χ1v) is 8.43. The minimum Gasteiger partial charge on any atom is -0.297 e. The van der Waals surface area contributed by atoms with Crippen molar-refractivity contribution in [2.24, 2.45) is 0 Å². The number of nitrogens with zero attached hydrogens (tertiary/aromatic N) is 3. The maximum atomic E-state index is 14.5. The Labute approximate surface area is 165 Å². The van der Waals surface area contributed by atoms with Crippen LogP contribution < -0.4 is 0 Å². The highest BCUT2D eigenvalue weighted by atomic mass is 19.4. The number of nitriles is 1. The second-order valence-electron chi connectivity index (χ2n) is 6.37. The van der Waals surface area contributed by atoms with Crippen LogP contribution in [0.4, 0.5) is 26.3 Å². The molecule has 4 aromatic rings. The molecule has 150 valence electrons.